The smallest absolute Gasteiger partial charge is 0.290 e. The minimum absolute atomic E-state index is 0.0252. The first-order chi connectivity index (χ1) is 8.08. The van der Waals surface area contributed by atoms with Gasteiger partial charge in [-0.15, -0.1) is 11.3 Å². The quantitative estimate of drug-likeness (QED) is 0.874. The largest absolute Gasteiger partial charge is 0.358 e. The first-order valence-electron chi connectivity index (χ1n) is 5.32. The van der Waals surface area contributed by atoms with Crippen LogP contribution in [0.3, 0.4) is 0 Å². The Morgan fingerprint density at radius 2 is 2.24 bits per heavy atom. The van der Waals surface area contributed by atoms with Gasteiger partial charge in [0.1, 0.15) is 0 Å². The SMILES string of the molecule is Cc1nc(C)c(C(C)Nc2ncc[nH]c2=O)s1. The van der Waals surface area contributed by atoms with Crippen molar-refractivity contribution in [3.63, 3.8) is 0 Å². The maximum atomic E-state index is 11.5. The fourth-order valence-electron chi connectivity index (χ4n) is 1.67. The molecule has 0 fully saturated rings. The van der Waals surface area contributed by atoms with Crippen LogP contribution in [0.4, 0.5) is 5.82 Å². The minimum atomic E-state index is -0.210. The van der Waals surface area contributed by atoms with Gasteiger partial charge in [0.2, 0.25) is 0 Å². The van der Waals surface area contributed by atoms with Crippen molar-refractivity contribution in [1.82, 2.24) is 15.0 Å². The number of nitrogens with zero attached hydrogens (tertiary/aromatic N) is 2. The summed E-state index contributed by atoms with van der Waals surface area (Å²) in [6.45, 7) is 5.94. The van der Waals surface area contributed by atoms with E-state index in [4.69, 9.17) is 0 Å². The zero-order valence-corrected chi connectivity index (χ0v) is 10.8. The van der Waals surface area contributed by atoms with Gasteiger partial charge < -0.3 is 10.3 Å². The van der Waals surface area contributed by atoms with Gasteiger partial charge in [-0.3, -0.25) is 4.79 Å². The molecule has 2 aromatic rings. The van der Waals surface area contributed by atoms with Crippen LogP contribution in [0.2, 0.25) is 0 Å². The van der Waals surface area contributed by atoms with Crippen molar-refractivity contribution in [1.29, 1.82) is 0 Å². The monoisotopic (exact) mass is 250 g/mol. The van der Waals surface area contributed by atoms with E-state index in [1.807, 2.05) is 20.8 Å². The maximum Gasteiger partial charge on any atom is 0.290 e. The fourth-order valence-corrected chi connectivity index (χ4v) is 2.60. The summed E-state index contributed by atoms with van der Waals surface area (Å²) in [6, 6.07) is 0.0252. The topological polar surface area (TPSA) is 70.7 Å². The van der Waals surface area contributed by atoms with Crippen molar-refractivity contribution in [2.75, 3.05) is 5.32 Å². The first kappa shape index (κ1) is 11.8. The molecule has 0 radical (unpaired) electrons. The standard InChI is InChI=1S/C11H14N4OS/c1-6-9(17-8(3)14-6)7(2)15-10-11(16)13-5-4-12-10/h4-5,7H,1-3H3,(H,12,15)(H,13,16). The number of aryl methyl sites for hydroxylation is 2. The number of aromatic nitrogens is 3. The highest BCUT2D eigenvalue weighted by atomic mass is 32.1. The second kappa shape index (κ2) is 4.67. The molecule has 0 aromatic carbocycles. The van der Waals surface area contributed by atoms with Crippen LogP contribution in [-0.2, 0) is 0 Å². The van der Waals surface area contributed by atoms with E-state index in [1.165, 1.54) is 6.20 Å². The van der Waals surface area contributed by atoms with Crippen LogP contribution < -0.4 is 10.9 Å². The molecule has 2 rings (SSSR count). The summed E-state index contributed by atoms with van der Waals surface area (Å²) in [7, 11) is 0. The van der Waals surface area contributed by atoms with Crippen molar-refractivity contribution >= 4 is 17.2 Å². The van der Waals surface area contributed by atoms with Gasteiger partial charge >= 0.3 is 0 Å². The Labute approximate surface area is 103 Å². The molecule has 1 unspecified atom stereocenters. The molecule has 6 heteroatoms. The number of hydrogen-bond donors (Lipinski definition) is 2. The van der Waals surface area contributed by atoms with E-state index in [0.717, 1.165) is 15.6 Å². The van der Waals surface area contributed by atoms with Gasteiger partial charge in [-0.05, 0) is 20.8 Å². The zero-order valence-electron chi connectivity index (χ0n) is 9.94. The summed E-state index contributed by atoms with van der Waals surface area (Å²) >= 11 is 1.63. The van der Waals surface area contributed by atoms with Crippen LogP contribution in [0.5, 0.6) is 0 Å². The summed E-state index contributed by atoms with van der Waals surface area (Å²) < 4.78 is 0. The molecule has 1 atom stereocenters. The number of aromatic amines is 1. The summed E-state index contributed by atoms with van der Waals surface area (Å²) in [6.07, 6.45) is 3.07. The Hall–Kier alpha value is -1.69. The Bertz CT molecular complexity index is 575. The van der Waals surface area contributed by atoms with Crippen LogP contribution in [0, 0.1) is 13.8 Å². The molecule has 0 aliphatic carbocycles. The average molecular weight is 250 g/mol. The van der Waals surface area contributed by atoms with E-state index in [0.29, 0.717) is 5.82 Å². The van der Waals surface area contributed by atoms with Gasteiger partial charge in [0.25, 0.3) is 5.56 Å². The number of H-pyrrole nitrogens is 1. The maximum absolute atomic E-state index is 11.5. The van der Waals surface area contributed by atoms with Crippen LogP contribution in [0.15, 0.2) is 17.2 Å². The summed E-state index contributed by atoms with van der Waals surface area (Å²) in [5.41, 5.74) is 0.790. The Morgan fingerprint density at radius 3 is 2.82 bits per heavy atom. The van der Waals surface area contributed by atoms with E-state index in [2.05, 4.69) is 20.3 Å². The summed E-state index contributed by atoms with van der Waals surface area (Å²) in [5.74, 6) is 0.338. The molecule has 17 heavy (non-hydrogen) atoms. The van der Waals surface area contributed by atoms with Crippen LogP contribution in [-0.4, -0.2) is 15.0 Å². The second-order valence-corrected chi connectivity index (χ2v) is 5.05. The van der Waals surface area contributed by atoms with Crippen molar-refractivity contribution < 1.29 is 0 Å². The third kappa shape index (κ3) is 2.52. The molecule has 0 saturated carbocycles. The Kier molecular flexibility index (Phi) is 3.23. The van der Waals surface area contributed by atoms with E-state index in [9.17, 15) is 4.79 Å². The van der Waals surface area contributed by atoms with Gasteiger partial charge in [0.05, 0.1) is 16.7 Å². The highest BCUT2D eigenvalue weighted by molar-refractivity contribution is 7.11. The Balaban J connectivity index is 2.23. The molecule has 0 aliphatic rings. The summed E-state index contributed by atoms with van der Waals surface area (Å²) in [4.78, 5) is 23.6. The molecule has 0 spiro atoms. The van der Waals surface area contributed by atoms with Crippen LogP contribution in [0.1, 0.15) is 28.5 Å². The molecular formula is C11H14N4OS. The number of thiazole rings is 1. The van der Waals surface area contributed by atoms with E-state index in [1.54, 1.807) is 17.5 Å². The van der Waals surface area contributed by atoms with Gasteiger partial charge in [-0.1, -0.05) is 0 Å². The predicted octanol–water partition coefficient (Wildman–Crippen LogP) is 2.02. The molecule has 0 saturated heterocycles. The average Bonchev–Trinajstić information content (AvgIpc) is 2.61. The highest BCUT2D eigenvalue weighted by Crippen LogP contribution is 2.25. The molecule has 2 N–H and O–H groups in total. The van der Waals surface area contributed by atoms with Crippen LogP contribution >= 0.6 is 11.3 Å². The fraction of sp³-hybridized carbons (Fsp3) is 0.364. The third-order valence-corrected chi connectivity index (χ3v) is 3.65. The van der Waals surface area contributed by atoms with Gasteiger partial charge in [-0.2, -0.15) is 0 Å². The van der Waals surface area contributed by atoms with Crippen molar-refractivity contribution in [3.8, 4) is 0 Å². The number of rotatable bonds is 3. The molecule has 2 heterocycles. The number of nitrogens with one attached hydrogen (secondary N) is 2. The molecule has 0 amide bonds. The Morgan fingerprint density at radius 1 is 1.47 bits per heavy atom. The summed E-state index contributed by atoms with van der Waals surface area (Å²) in [5, 5.41) is 4.12. The number of anilines is 1. The molecule has 2 aromatic heterocycles. The minimum Gasteiger partial charge on any atom is -0.358 e. The van der Waals surface area contributed by atoms with E-state index < -0.39 is 0 Å². The highest BCUT2D eigenvalue weighted by Gasteiger charge is 2.14. The van der Waals surface area contributed by atoms with Gasteiger partial charge in [-0.25, -0.2) is 9.97 Å². The zero-order chi connectivity index (χ0) is 12.4. The lowest BCUT2D eigenvalue weighted by molar-refractivity contribution is 0.871. The lowest BCUT2D eigenvalue weighted by Gasteiger charge is -2.12. The lowest BCUT2D eigenvalue weighted by Crippen LogP contribution is -2.17. The number of hydrogen-bond acceptors (Lipinski definition) is 5. The molecule has 5 nitrogen and oxygen atoms in total. The van der Waals surface area contributed by atoms with Crippen LogP contribution in [0.25, 0.3) is 0 Å². The van der Waals surface area contributed by atoms with Gasteiger partial charge in [0.15, 0.2) is 5.82 Å². The lowest BCUT2D eigenvalue weighted by atomic mass is 10.2. The first-order valence-corrected chi connectivity index (χ1v) is 6.13. The van der Waals surface area contributed by atoms with E-state index >= 15 is 0 Å². The van der Waals surface area contributed by atoms with Crippen molar-refractivity contribution in [2.24, 2.45) is 0 Å². The predicted molar refractivity (Wildman–Crippen MR) is 68.5 cm³/mol. The molecule has 0 aliphatic heterocycles. The third-order valence-electron chi connectivity index (χ3n) is 2.39. The van der Waals surface area contributed by atoms with Crippen molar-refractivity contribution in [3.05, 3.63) is 38.3 Å². The normalized spacial score (nSPS) is 12.4. The molecule has 0 bridgehead atoms. The second-order valence-electron chi connectivity index (χ2n) is 3.82. The van der Waals surface area contributed by atoms with E-state index in [-0.39, 0.29) is 11.6 Å². The molecular weight excluding hydrogens is 236 g/mol. The van der Waals surface area contributed by atoms with Crippen molar-refractivity contribution in [2.45, 2.75) is 26.8 Å². The van der Waals surface area contributed by atoms with Gasteiger partial charge in [0, 0.05) is 17.3 Å². The molecule has 90 valence electrons.